The number of imide groups is 1. The minimum absolute atomic E-state index is 0.221. The van der Waals surface area contributed by atoms with Crippen LogP contribution in [0.1, 0.15) is 0 Å². The molecule has 0 aliphatic carbocycles. The largest absolute Gasteiger partial charge is 0.395 e. The normalized spacial score (nSPS) is 14.7. The van der Waals surface area contributed by atoms with Gasteiger partial charge in [0.1, 0.15) is 5.70 Å². The number of hydrogen-bond donors (Lipinski definition) is 2. The summed E-state index contributed by atoms with van der Waals surface area (Å²) in [6.45, 7) is -0.650. The maximum Gasteiger partial charge on any atom is 0.277 e. The predicted octanol–water partition coefficient (Wildman–Crippen LogP) is 1.52. The van der Waals surface area contributed by atoms with Crippen molar-refractivity contribution in [1.82, 2.24) is 4.90 Å². The average molecular weight is 365 g/mol. The van der Waals surface area contributed by atoms with Crippen LogP contribution in [0.15, 0.2) is 22.3 Å². The summed E-state index contributed by atoms with van der Waals surface area (Å²) in [4.78, 5) is 24.1. The SMILES string of the molecule is O=C1C=C(Nc2c(F)cc(F)c(F)c2Br)C(=O)N1CCO. The third-order valence-corrected chi connectivity index (χ3v) is 3.45. The van der Waals surface area contributed by atoms with E-state index >= 15 is 0 Å². The van der Waals surface area contributed by atoms with Gasteiger partial charge in [0.2, 0.25) is 0 Å². The van der Waals surface area contributed by atoms with Crippen LogP contribution in [0.2, 0.25) is 0 Å². The lowest BCUT2D eigenvalue weighted by atomic mass is 10.2. The number of amides is 2. The molecule has 0 unspecified atom stereocenters. The number of carbonyl (C=O) groups excluding carboxylic acids is 2. The number of β-amino-alcohol motifs (C(OH)–C–C–N with tert-alkyl or cyclic N) is 1. The lowest BCUT2D eigenvalue weighted by Crippen LogP contribution is -2.34. The summed E-state index contributed by atoms with van der Waals surface area (Å²) in [6.07, 6.45) is 0.880. The molecular formula is C12H8BrF3N2O3. The Bertz CT molecular complexity index is 664. The number of aliphatic hydroxyl groups is 1. The van der Waals surface area contributed by atoms with Gasteiger partial charge in [0.25, 0.3) is 11.8 Å². The molecule has 112 valence electrons. The predicted molar refractivity (Wildman–Crippen MR) is 69.5 cm³/mol. The maximum atomic E-state index is 13.6. The van der Waals surface area contributed by atoms with Crippen molar-refractivity contribution in [2.45, 2.75) is 0 Å². The van der Waals surface area contributed by atoms with Crippen LogP contribution in [0.4, 0.5) is 18.9 Å². The Balaban J connectivity index is 2.32. The monoisotopic (exact) mass is 364 g/mol. The van der Waals surface area contributed by atoms with Gasteiger partial charge in [-0.1, -0.05) is 0 Å². The fourth-order valence-electron chi connectivity index (χ4n) is 1.73. The van der Waals surface area contributed by atoms with Gasteiger partial charge in [-0.2, -0.15) is 0 Å². The molecule has 1 heterocycles. The molecule has 1 aromatic carbocycles. The first-order valence-corrected chi connectivity index (χ1v) is 6.44. The molecule has 1 aliphatic heterocycles. The van der Waals surface area contributed by atoms with Gasteiger partial charge in [-0.25, -0.2) is 13.2 Å². The van der Waals surface area contributed by atoms with Gasteiger partial charge in [0, 0.05) is 12.1 Å². The summed E-state index contributed by atoms with van der Waals surface area (Å²) < 4.78 is 39.5. The summed E-state index contributed by atoms with van der Waals surface area (Å²) in [5.74, 6) is -5.36. The lowest BCUT2D eigenvalue weighted by Gasteiger charge is -2.14. The van der Waals surface area contributed by atoms with Gasteiger partial charge >= 0.3 is 0 Å². The number of carbonyl (C=O) groups is 2. The molecule has 21 heavy (non-hydrogen) atoms. The molecular weight excluding hydrogens is 357 g/mol. The smallest absolute Gasteiger partial charge is 0.277 e. The molecule has 2 rings (SSSR count). The van der Waals surface area contributed by atoms with Gasteiger partial charge in [-0.15, -0.1) is 0 Å². The van der Waals surface area contributed by atoms with E-state index in [-0.39, 0.29) is 12.2 Å². The number of nitrogens with one attached hydrogen (secondary N) is 1. The molecule has 2 amide bonds. The first-order chi connectivity index (χ1) is 9.86. The van der Waals surface area contributed by atoms with Gasteiger partial charge in [0.15, 0.2) is 17.5 Å². The Morgan fingerprint density at radius 3 is 2.52 bits per heavy atom. The second kappa shape index (κ2) is 5.86. The second-order valence-electron chi connectivity index (χ2n) is 4.04. The molecule has 1 aliphatic rings. The van der Waals surface area contributed by atoms with E-state index in [0.29, 0.717) is 6.07 Å². The van der Waals surface area contributed by atoms with Gasteiger partial charge < -0.3 is 10.4 Å². The minimum atomic E-state index is -1.39. The quantitative estimate of drug-likeness (QED) is 0.482. The van der Waals surface area contributed by atoms with E-state index in [1.54, 1.807) is 0 Å². The van der Waals surface area contributed by atoms with Crippen molar-refractivity contribution in [2.24, 2.45) is 0 Å². The maximum absolute atomic E-state index is 13.6. The molecule has 5 nitrogen and oxygen atoms in total. The number of rotatable bonds is 4. The molecule has 1 aromatic rings. The van der Waals surface area contributed by atoms with Crippen molar-refractivity contribution in [1.29, 1.82) is 0 Å². The first kappa shape index (κ1) is 15.5. The molecule has 0 aromatic heterocycles. The van der Waals surface area contributed by atoms with Crippen LogP contribution in [-0.2, 0) is 9.59 Å². The first-order valence-electron chi connectivity index (χ1n) is 5.65. The van der Waals surface area contributed by atoms with E-state index in [9.17, 15) is 22.8 Å². The van der Waals surface area contributed by atoms with Crippen molar-refractivity contribution >= 4 is 33.4 Å². The van der Waals surface area contributed by atoms with Crippen molar-refractivity contribution in [3.63, 3.8) is 0 Å². The molecule has 0 spiro atoms. The van der Waals surface area contributed by atoms with E-state index in [4.69, 9.17) is 5.11 Å². The third kappa shape index (κ3) is 2.79. The van der Waals surface area contributed by atoms with Crippen molar-refractivity contribution in [3.8, 4) is 0 Å². The zero-order valence-electron chi connectivity index (χ0n) is 10.3. The van der Waals surface area contributed by atoms with E-state index in [1.165, 1.54) is 0 Å². The summed E-state index contributed by atoms with van der Waals surface area (Å²) in [5, 5.41) is 11.0. The Morgan fingerprint density at radius 1 is 1.24 bits per heavy atom. The van der Waals surface area contributed by atoms with E-state index in [2.05, 4.69) is 21.2 Å². The highest BCUT2D eigenvalue weighted by Crippen LogP contribution is 2.32. The zero-order valence-corrected chi connectivity index (χ0v) is 11.9. The van der Waals surface area contributed by atoms with Crippen molar-refractivity contribution < 1.29 is 27.9 Å². The van der Waals surface area contributed by atoms with Crippen LogP contribution >= 0.6 is 15.9 Å². The Labute approximate surface area is 125 Å². The van der Waals surface area contributed by atoms with E-state index in [1.807, 2.05) is 0 Å². The zero-order chi connectivity index (χ0) is 15.7. The van der Waals surface area contributed by atoms with Crippen molar-refractivity contribution in [3.05, 3.63) is 39.8 Å². The van der Waals surface area contributed by atoms with E-state index < -0.39 is 46.0 Å². The minimum Gasteiger partial charge on any atom is -0.395 e. The molecule has 2 N–H and O–H groups in total. The lowest BCUT2D eigenvalue weighted by molar-refractivity contribution is -0.137. The summed E-state index contributed by atoms with van der Waals surface area (Å²) in [7, 11) is 0. The average Bonchev–Trinajstić information content (AvgIpc) is 2.69. The Kier molecular flexibility index (Phi) is 4.33. The number of benzene rings is 1. The molecule has 0 saturated heterocycles. The fraction of sp³-hybridized carbons (Fsp3) is 0.167. The highest BCUT2D eigenvalue weighted by atomic mass is 79.9. The van der Waals surface area contributed by atoms with Crippen LogP contribution < -0.4 is 5.32 Å². The van der Waals surface area contributed by atoms with Gasteiger partial charge in [-0.3, -0.25) is 14.5 Å². The van der Waals surface area contributed by atoms with Gasteiger partial charge in [0.05, 0.1) is 23.3 Å². The van der Waals surface area contributed by atoms with Crippen LogP contribution in [0, 0.1) is 17.5 Å². The highest BCUT2D eigenvalue weighted by Gasteiger charge is 2.31. The van der Waals surface area contributed by atoms with Gasteiger partial charge in [-0.05, 0) is 15.9 Å². The molecule has 0 fully saturated rings. The van der Waals surface area contributed by atoms with Crippen LogP contribution in [-0.4, -0.2) is 35.0 Å². The molecule has 0 radical (unpaired) electrons. The number of halogens is 4. The summed E-state index contributed by atoms with van der Waals surface area (Å²) in [5.41, 5.74) is -0.814. The topological polar surface area (TPSA) is 69.6 Å². The Morgan fingerprint density at radius 2 is 1.90 bits per heavy atom. The summed E-state index contributed by atoms with van der Waals surface area (Å²) in [6, 6.07) is 0.315. The third-order valence-electron chi connectivity index (χ3n) is 2.71. The van der Waals surface area contributed by atoms with Crippen molar-refractivity contribution in [2.75, 3.05) is 18.5 Å². The van der Waals surface area contributed by atoms with Crippen LogP contribution in [0.5, 0.6) is 0 Å². The second-order valence-corrected chi connectivity index (χ2v) is 4.84. The molecule has 0 saturated carbocycles. The van der Waals surface area contributed by atoms with Crippen LogP contribution in [0.3, 0.4) is 0 Å². The molecule has 9 heteroatoms. The fourth-order valence-corrected chi connectivity index (χ4v) is 2.20. The molecule has 0 atom stereocenters. The number of aliphatic hydroxyl groups excluding tert-OH is 1. The summed E-state index contributed by atoms with van der Waals surface area (Å²) >= 11 is 2.68. The number of anilines is 1. The molecule has 0 bridgehead atoms. The Hall–Kier alpha value is -1.87. The van der Waals surface area contributed by atoms with E-state index in [0.717, 1.165) is 11.0 Å². The number of nitrogens with zero attached hydrogens (tertiary/aromatic N) is 1. The van der Waals surface area contributed by atoms with Crippen LogP contribution in [0.25, 0.3) is 0 Å². The number of hydrogen-bond acceptors (Lipinski definition) is 4. The standard InChI is InChI=1S/C12H8BrF3N2O3/c13-9-10(16)5(14)3-6(15)11(9)17-7-4-8(20)18(1-2-19)12(7)21/h3-4,17,19H,1-2H2. The highest BCUT2D eigenvalue weighted by molar-refractivity contribution is 9.10.